The predicted octanol–water partition coefficient (Wildman–Crippen LogP) is -2.88. The average molecular weight is 634 g/mol. The smallest absolute Gasteiger partial charge is 0.330 e. The minimum absolute atomic E-state index is 0.109. The standard InChI is InChI=1S/C30H48O14/c31-15-4-1-13(2-5-15)3-6-24(36)41-12-23-26(38)27(39)28(40)30(44-23)43-22-11-17-18(33)9-16(32)10-21(17)42-29(22)14-7-19(34)25(37)20(35)8-14/h3,6,13-23,25-35,37-40H,1-2,4-5,7-12H2/p+1/t13?,14?,15?,16?,17?,18?,19?,20?,21?,22?,23-,25?,26+,27+,28-,29?,30-/m1/s1. The second kappa shape index (κ2) is 14.7. The Kier molecular flexibility index (Phi) is 11.3. The molecule has 3 saturated carbocycles. The van der Waals surface area contributed by atoms with Gasteiger partial charge in [-0.05, 0) is 50.9 Å². The molecule has 2 aliphatic heterocycles. The third kappa shape index (κ3) is 7.81. The summed E-state index contributed by atoms with van der Waals surface area (Å²) < 4.78 is 22.2. The maximum absolute atomic E-state index is 12.4. The van der Waals surface area contributed by atoms with E-state index in [9.17, 15) is 50.8 Å². The second-order valence-corrected chi connectivity index (χ2v) is 13.4. The van der Waals surface area contributed by atoms with Crippen molar-refractivity contribution >= 4 is 5.97 Å². The molecule has 2 heterocycles. The van der Waals surface area contributed by atoms with Crippen LogP contribution in [0.2, 0.25) is 0 Å². The van der Waals surface area contributed by atoms with Crippen molar-refractivity contribution in [3.8, 4) is 0 Å². The van der Waals surface area contributed by atoms with E-state index in [1.54, 1.807) is 6.08 Å². The highest BCUT2D eigenvalue weighted by molar-refractivity contribution is 5.81. The molecular formula is C30H49O14+. The molecule has 3 aliphatic carbocycles. The maximum atomic E-state index is 12.4. The Morgan fingerprint density at radius 1 is 0.750 bits per heavy atom. The second-order valence-electron chi connectivity index (χ2n) is 13.4. The molecule has 8 unspecified atom stereocenters. The van der Waals surface area contributed by atoms with Gasteiger partial charge in [-0.3, -0.25) is 0 Å². The number of rotatable bonds is 7. The van der Waals surface area contributed by atoms with Gasteiger partial charge in [0, 0.05) is 24.8 Å². The van der Waals surface area contributed by atoms with Gasteiger partial charge in [0.15, 0.2) is 18.5 Å². The summed E-state index contributed by atoms with van der Waals surface area (Å²) in [6.07, 6.45) is -8.43. The molecule has 0 aromatic carbocycles. The lowest BCUT2D eigenvalue weighted by Crippen LogP contribution is -2.63. The summed E-state index contributed by atoms with van der Waals surface area (Å²) in [6, 6.07) is 0. The predicted molar refractivity (Wildman–Crippen MR) is 150 cm³/mol. The fraction of sp³-hybridized carbons (Fsp3) is 0.900. The number of fused-ring (bicyclic) bond motifs is 1. The Hall–Kier alpha value is -1.27. The van der Waals surface area contributed by atoms with Crippen molar-refractivity contribution in [3.63, 3.8) is 0 Å². The summed E-state index contributed by atoms with van der Waals surface area (Å²) in [5.74, 6) is -1.35. The Labute approximate surface area is 255 Å². The first-order valence-corrected chi connectivity index (χ1v) is 15.9. The SMILES string of the molecule is O=C(C=CC1CCC(O)CC1)OC[C@H]1O[C@@H](OC2CC3C(O)CC(O)CC3[OH+]C2C2CC(O)C(O)C(O)C2)[C@H](O)[C@@H](O)[C@H]1O. The van der Waals surface area contributed by atoms with Crippen molar-refractivity contribution in [2.45, 2.75) is 143 Å². The van der Waals surface area contributed by atoms with E-state index in [1.807, 2.05) is 0 Å². The van der Waals surface area contributed by atoms with Crippen molar-refractivity contribution in [1.29, 1.82) is 0 Å². The normalized spacial score (nSPS) is 50.2. The monoisotopic (exact) mass is 633 g/mol. The first kappa shape index (κ1) is 34.1. The number of aliphatic hydroxyl groups excluding tert-OH is 9. The molecule has 0 amide bonds. The third-order valence-corrected chi connectivity index (χ3v) is 10.2. The van der Waals surface area contributed by atoms with Gasteiger partial charge < -0.3 is 64.9 Å². The van der Waals surface area contributed by atoms with Gasteiger partial charge in [0.2, 0.25) is 0 Å². The molecule has 14 heteroatoms. The number of esters is 1. The highest BCUT2D eigenvalue weighted by Crippen LogP contribution is 2.42. The minimum atomic E-state index is -1.70. The molecule has 0 aromatic heterocycles. The van der Waals surface area contributed by atoms with Crippen LogP contribution in [0.3, 0.4) is 0 Å². The Balaban J connectivity index is 1.25. The van der Waals surface area contributed by atoms with Crippen molar-refractivity contribution < 1.29 is 69.7 Å². The Morgan fingerprint density at radius 3 is 2.11 bits per heavy atom. The Bertz CT molecular complexity index is 961. The number of hydrogen-bond donors (Lipinski definition) is 9. The number of carbonyl (C=O) groups is 1. The van der Waals surface area contributed by atoms with E-state index in [0.29, 0.717) is 19.3 Å². The average Bonchev–Trinajstić information content (AvgIpc) is 2.98. The Morgan fingerprint density at radius 2 is 1.43 bits per heavy atom. The van der Waals surface area contributed by atoms with E-state index in [1.165, 1.54) is 6.08 Å². The van der Waals surface area contributed by atoms with Gasteiger partial charge in [-0.15, -0.1) is 0 Å². The van der Waals surface area contributed by atoms with Crippen LogP contribution in [-0.2, 0) is 19.0 Å². The van der Waals surface area contributed by atoms with Crippen LogP contribution in [0.5, 0.6) is 0 Å². The molecule has 0 radical (unpaired) electrons. The molecule has 5 aliphatic rings. The maximum Gasteiger partial charge on any atom is 0.330 e. The number of carbonyl (C=O) groups excluding carboxylic acids is 1. The third-order valence-electron chi connectivity index (χ3n) is 10.2. The lowest BCUT2D eigenvalue weighted by molar-refractivity contribution is -0.357. The molecule has 0 bridgehead atoms. The summed E-state index contributed by atoms with van der Waals surface area (Å²) in [5, 5.41) is 93.5. The van der Waals surface area contributed by atoms with Crippen molar-refractivity contribution in [3.05, 3.63) is 12.2 Å². The van der Waals surface area contributed by atoms with Crippen molar-refractivity contribution in [2.75, 3.05) is 6.61 Å². The van der Waals surface area contributed by atoms with E-state index < -0.39 is 98.0 Å². The molecule has 252 valence electrons. The first-order valence-electron chi connectivity index (χ1n) is 15.9. The van der Waals surface area contributed by atoms with E-state index >= 15 is 0 Å². The van der Waals surface area contributed by atoms with Crippen LogP contribution in [0.4, 0.5) is 0 Å². The highest BCUT2D eigenvalue weighted by Gasteiger charge is 2.55. The van der Waals surface area contributed by atoms with E-state index in [0.717, 1.165) is 12.8 Å². The minimum Gasteiger partial charge on any atom is -0.460 e. The number of allylic oxidation sites excluding steroid dienone is 1. The van der Waals surface area contributed by atoms with Crippen molar-refractivity contribution in [1.82, 2.24) is 0 Å². The number of ether oxygens (including phenoxy) is 4. The molecule has 2 saturated heterocycles. The van der Waals surface area contributed by atoms with Crippen molar-refractivity contribution in [2.24, 2.45) is 17.8 Å². The van der Waals surface area contributed by atoms with Crippen LogP contribution < -0.4 is 0 Å². The van der Waals surface area contributed by atoms with Gasteiger partial charge in [0.25, 0.3) is 0 Å². The molecule has 14 nitrogen and oxygen atoms in total. The molecule has 5 fully saturated rings. The zero-order valence-electron chi connectivity index (χ0n) is 24.6. The fourth-order valence-corrected chi connectivity index (χ4v) is 7.62. The lowest BCUT2D eigenvalue weighted by Gasteiger charge is -2.48. The number of hydrogen-bond acceptors (Lipinski definition) is 13. The molecule has 0 aromatic rings. The van der Waals surface area contributed by atoms with E-state index in [-0.39, 0.29) is 43.6 Å². The van der Waals surface area contributed by atoms with Gasteiger partial charge in [-0.1, -0.05) is 6.08 Å². The van der Waals surface area contributed by atoms with Gasteiger partial charge in [0.05, 0.1) is 36.4 Å². The van der Waals surface area contributed by atoms with Crippen LogP contribution in [0.25, 0.3) is 0 Å². The summed E-state index contributed by atoms with van der Waals surface area (Å²) in [6.45, 7) is -0.434. The molecule has 13 atom stereocenters. The summed E-state index contributed by atoms with van der Waals surface area (Å²) in [4.78, 5) is 12.4. The molecule has 0 spiro atoms. The van der Waals surface area contributed by atoms with Crippen LogP contribution in [0.1, 0.15) is 57.8 Å². The van der Waals surface area contributed by atoms with E-state index in [2.05, 4.69) is 0 Å². The van der Waals surface area contributed by atoms with Gasteiger partial charge in [-0.2, -0.15) is 0 Å². The van der Waals surface area contributed by atoms with Crippen LogP contribution in [-0.4, -0.2) is 149 Å². The molecule has 5 rings (SSSR count). The molecule has 44 heavy (non-hydrogen) atoms. The summed E-state index contributed by atoms with van der Waals surface area (Å²) in [5.41, 5.74) is 0. The largest absolute Gasteiger partial charge is 0.460 e. The zero-order chi connectivity index (χ0) is 31.7. The zero-order valence-corrected chi connectivity index (χ0v) is 24.6. The van der Waals surface area contributed by atoms with Crippen LogP contribution >= 0.6 is 0 Å². The van der Waals surface area contributed by atoms with E-state index in [4.69, 9.17) is 18.9 Å². The van der Waals surface area contributed by atoms with Gasteiger partial charge in [-0.25, -0.2) is 4.79 Å². The van der Waals surface area contributed by atoms with Crippen LogP contribution in [0.15, 0.2) is 12.2 Å². The topological polar surface area (TPSA) is 240 Å². The highest BCUT2D eigenvalue weighted by atomic mass is 16.7. The van der Waals surface area contributed by atoms with Gasteiger partial charge in [0.1, 0.15) is 43.2 Å². The summed E-state index contributed by atoms with van der Waals surface area (Å²) in [7, 11) is 0. The molecular weight excluding hydrogens is 584 g/mol. The fourth-order valence-electron chi connectivity index (χ4n) is 7.62. The van der Waals surface area contributed by atoms with Crippen LogP contribution in [0, 0.1) is 17.8 Å². The molecule has 10 N–H and O–H groups in total. The first-order chi connectivity index (χ1) is 20.9. The number of aliphatic hydroxyl groups is 11. The lowest BCUT2D eigenvalue weighted by atomic mass is 9.72. The quantitative estimate of drug-likeness (QED) is 0.0779. The van der Waals surface area contributed by atoms with Gasteiger partial charge >= 0.3 is 5.97 Å². The summed E-state index contributed by atoms with van der Waals surface area (Å²) >= 11 is 0.